The monoisotopic (exact) mass is 296 g/mol. The quantitative estimate of drug-likeness (QED) is 0.553. The lowest BCUT2D eigenvalue weighted by atomic mass is 10.0. The van der Waals surface area contributed by atoms with Crippen LogP contribution in [-0.4, -0.2) is 11.2 Å². The second-order valence-corrected chi connectivity index (χ2v) is 5.33. The zero-order valence-corrected chi connectivity index (χ0v) is 11.8. The standard InChI is InChI=1S/C15H21BrO/c1-2-3-4-5-6-7-15(17)12-13-8-10-14(16)11-9-13/h2,8-11,15,17H,1,3-7,12H2. The van der Waals surface area contributed by atoms with E-state index >= 15 is 0 Å². The Morgan fingerprint density at radius 1 is 1.18 bits per heavy atom. The van der Waals surface area contributed by atoms with Gasteiger partial charge in [-0.3, -0.25) is 0 Å². The van der Waals surface area contributed by atoms with E-state index < -0.39 is 0 Å². The number of hydrogen-bond donors (Lipinski definition) is 1. The van der Waals surface area contributed by atoms with Crippen LogP contribution < -0.4 is 0 Å². The van der Waals surface area contributed by atoms with Crippen molar-refractivity contribution in [2.24, 2.45) is 0 Å². The molecule has 0 radical (unpaired) electrons. The van der Waals surface area contributed by atoms with Crippen LogP contribution in [0.5, 0.6) is 0 Å². The van der Waals surface area contributed by atoms with Crippen molar-refractivity contribution in [3.05, 3.63) is 47.0 Å². The van der Waals surface area contributed by atoms with E-state index in [0.717, 1.165) is 30.2 Å². The summed E-state index contributed by atoms with van der Waals surface area (Å²) in [4.78, 5) is 0. The maximum atomic E-state index is 9.90. The zero-order valence-electron chi connectivity index (χ0n) is 10.2. The molecule has 0 aromatic heterocycles. The smallest absolute Gasteiger partial charge is 0.0580 e. The highest BCUT2D eigenvalue weighted by Gasteiger charge is 2.05. The molecule has 2 heteroatoms. The summed E-state index contributed by atoms with van der Waals surface area (Å²) in [6, 6.07) is 8.16. The van der Waals surface area contributed by atoms with E-state index in [1.165, 1.54) is 18.4 Å². The highest BCUT2D eigenvalue weighted by atomic mass is 79.9. The molecule has 0 aliphatic carbocycles. The normalized spacial score (nSPS) is 12.4. The Morgan fingerprint density at radius 3 is 2.53 bits per heavy atom. The number of aliphatic hydroxyl groups excluding tert-OH is 1. The van der Waals surface area contributed by atoms with Crippen molar-refractivity contribution in [3.63, 3.8) is 0 Å². The summed E-state index contributed by atoms with van der Waals surface area (Å²) in [7, 11) is 0. The summed E-state index contributed by atoms with van der Waals surface area (Å²) in [6.45, 7) is 3.70. The molecule has 17 heavy (non-hydrogen) atoms. The summed E-state index contributed by atoms with van der Waals surface area (Å²) in [6.07, 6.45) is 7.96. The van der Waals surface area contributed by atoms with Crippen LogP contribution in [0.1, 0.15) is 37.7 Å². The van der Waals surface area contributed by atoms with Crippen molar-refractivity contribution >= 4 is 15.9 Å². The fourth-order valence-corrected chi connectivity index (χ4v) is 2.10. The third-order valence-corrected chi connectivity index (χ3v) is 3.36. The van der Waals surface area contributed by atoms with Gasteiger partial charge in [-0.25, -0.2) is 0 Å². The third kappa shape index (κ3) is 6.64. The molecule has 94 valence electrons. The van der Waals surface area contributed by atoms with Gasteiger partial charge in [-0.05, 0) is 43.4 Å². The van der Waals surface area contributed by atoms with E-state index in [1.807, 2.05) is 18.2 Å². The summed E-state index contributed by atoms with van der Waals surface area (Å²) in [5.74, 6) is 0. The van der Waals surface area contributed by atoms with Gasteiger partial charge >= 0.3 is 0 Å². The van der Waals surface area contributed by atoms with Gasteiger partial charge in [0.25, 0.3) is 0 Å². The van der Waals surface area contributed by atoms with Crippen LogP contribution in [0.15, 0.2) is 41.4 Å². The molecule has 1 atom stereocenters. The van der Waals surface area contributed by atoms with Crippen molar-refractivity contribution in [2.45, 2.75) is 44.6 Å². The number of rotatable bonds is 8. The molecule has 1 rings (SSSR count). The average molecular weight is 297 g/mol. The lowest BCUT2D eigenvalue weighted by Gasteiger charge is -2.10. The van der Waals surface area contributed by atoms with Crippen LogP contribution >= 0.6 is 15.9 Å². The van der Waals surface area contributed by atoms with Gasteiger partial charge in [0.2, 0.25) is 0 Å². The molecule has 0 aliphatic rings. The number of hydrogen-bond acceptors (Lipinski definition) is 1. The summed E-state index contributed by atoms with van der Waals surface area (Å²) in [5.41, 5.74) is 1.20. The molecule has 0 spiro atoms. The second kappa shape index (κ2) is 8.48. The van der Waals surface area contributed by atoms with E-state index in [2.05, 4.69) is 34.6 Å². The van der Waals surface area contributed by atoms with Crippen LogP contribution in [0.3, 0.4) is 0 Å². The molecule has 1 aromatic rings. The zero-order chi connectivity index (χ0) is 12.5. The van der Waals surface area contributed by atoms with Gasteiger partial charge in [-0.2, -0.15) is 0 Å². The minimum Gasteiger partial charge on any atom is -0.393 e. The Bertz CT molecular complexity index is 318. The van der Waals surface area contributed by atoms with Crippen LogP contribution in [-0.2, 0) is 6.42 Å². The van der Waals surface area contributed by atoms with E-state index in [-0.39, 0.29) is 6.10 Å². The highest BCUT2D eigenvalue weighted by Crippen LogP contribution is 2.14. The van der Waals surface area contributed by atoms with E-state index in [1.54, 1.807) is 0 Å². The van der Waals surface area contributed by atoms with Crippen molar-refractivity contribution in [2.75, 3.05) is 0 Å². The molecule has 0 amide bonds. The van der Waals surface area contributed by atoms with Gasteiger partial charge in [0, 0.05) is 4.47 Å². The molecular weight excluding hydrogens is 276 g/mol. The van der Waals surface area contributed by atoms with Crippen molar-refractivity contribution in [3.8, 4) is 0 Å². The Kier molecular flexibility index (Phi) is 7.22. The lowest BCUT2D eigenvalue weighted by molar-refractivity contribution is 0.161. The first-order valence-electron chi connectivity index (χ1n) is 6.26. The predicted molar refractivity (Wildman–Crippen MR) is 77.1 cm³/mol. The van der Waals surface area contributed by atoms with Crippen LogP contribution in [0.25, 0.3) is 0 Å². The molecule has 0 aliphatic heterocycles. The summed E-state index contributed by atoms with van der Waals surface area (Å²) < 4.78 is 1.08. The van der Waals surface area contributed by atoms with Gasteiger partial charge in [0.05, 0.1) is 6.10 Å². The van der Waals surface area contributed by atoms with Crippen LogP contribution in [0.4, 0.5) is 0 Å². The number of unbranched alkanes of at least 4 members (excludes halogenated alkanes) is 3. The third-order valence-electron chi connectivity index (χ3n) is 2.83. The Morgan fingerprint density at radius 2 is 1.88 bits per heavy atom. The number of benzene rings is 1. The van der Waals surface area contributed by atoms with Gasteiger partial charge in [-0.15, -0.1) is 6.58 Å². The number of aliphatic hydroxyl groups is 1. The molecule has 0 heterocycles. The molecule has 1 N–H and O–H groups in total. The fraction of sp³-hybridized carbons (Fsp3) is 0.467. The van der Waals surface area contributed by atoms with Crippen molar-refractivity contribution in [1.82, 2.24) is 0 Å². The van der Waals surface area contributed by atoms with E-state index in [9.17, 15) is 5.11 Å². The average Bonchev–Trinajstić information content (AvgIpc) is 2.32. The molecule has 0 saturated heterocycles. The minimum absolute atomic E-state index is 0.208. The molecular formula is C15H21BrO. The molecule has 0 saturated carbocycles. The summed E-state index contributed by atoms with van der Waals surface area (Å²) in [5, 5.41) is 9.90. The molecule has 0 fully saturated rings. The van der Waals surface area contributed by atoms with Crippen LogP contribution in [0, 0.1) is 0 Å². The number of halogens is 1. The number of allylic oxidation sites excluding steroid dienone is 1. The van der Waals surface area contributed by atoms with E-state index in [0.29, 0.717) is 0 Å². The fourth-order valence-electron chi connectivity index (χ4n) is 1.84. The van der Waals surface area contributed by atoms with Gasteiger partial charge in [0.1, 0.15) is 0 Å². The molecule has 1 nitrogen and oxygen atoms in total. The van der Waals surface area contributed by atoms with Crippen LogP contribution in [0.2, 0.25) is 0 Å². The minimum atomic E-state index is -0.208. The first-order chi connectivity index (χ1) is 8.22. The summed E-state index contributed by atoms with van der Waals surface area (Å²) >= 11 is 3.41. The maximum Gasteiger partial charge on any atom is 0.0580 e. The lowest BCUT2D eigenvalue weighted by Crippen LogP contribution is -2.10. The van der Waals surface area contributed by atoms with E-state index in [4.69, 9.17) is 0 Å². The van der Waals surface area contributed by atoms with Gasteiger partial charge in [0.15, 0.2) is 0 Å². The van der Waals surface area contributed by atoms with Crippen molar-refractivity contribution in [1.29, 1.82) is 0 Å². The second-order valence-electron chi connectivity index (χ2n) is 4.41. The highest BCUT2D eigenvalue weighted by molar-refractivity contribution is 9.10. The van der Waals surface area contributed by atoms with Gasteiger partial charge in [-0.1, -0.05) is 47.0 Å². The largest absolute Gasteiger partial charge is 0.393 e. The first kappa shape index (κ1) is 14.5. The topological polar surface area (TPSA) is 20.2 Å². The Hall–Kier alpha value is -0.600. The maximum absolute atomic E-state index is 9.90. The Labute approximate surface area is 113 Å². The SMILES string of the molecule is C=CCCCCCC(O)Cc1ccc(Br)cc1. The molecule has 1 aromatic carbocycles. The first-order valence-corrected chi connectivity index (χ1v) is 7.05. The molecule has 1 unspecified atom stereocenters. The molecule has 0 bridgehead atoms. The Balaban J connectivity index is 2.18. The van der Waals surface area contributed by atoms with Crippen molar-refractivity contribution < 1.29 is 5.11 Å². The predicted octanol–water partition coefficient (Wildman–Crippen LogP) is 4.49. The van der Waals surface area contributed by atoms with Gasteiger partial charge < -0.3 is 5.11 Å².